The van der Waals surface area contributed by atoms with Crippen LogP contribution in [0.2, 0.25) is 0 Å². The Bertz CT molecular complexity index is 509. The first-order valence-electron chi connectivity index (χ1n) is 6.92. The van der Waals surface area contributed by atoms with Crippen molar-refractivity contribution in [2.24, 2.45) is 0 Å². The zero-order valence-electron chi connectivity index (χ0n) is 12.5. The first-order chi connectivity index (χ1) is 9.85. The van der Waals surface area contributed by atoms with Crippen molar-refractivity contribution >= 4 is 33.6 Å². The van der Waals surface area contributed by atoms with Crippen LogP contribution in [0.3, 0.4) is 0 Å². The summed E-state index contributed by atoms with van der Waals surface area (Å²) in [5, 5.41) is 14.3. The Balaban J connectivity index is 2.70. The Labute approximate surface area is 133 Å². The molecule has 0 fully saturated rings. The monoisotopic (exact) mass is 356 g/mol. The molecule has 0 unspecified atom stereocenters. The number of anilines is 1. The molecule has 3 N–H and O–H groups in total. The first-order valence-corrected chi connectivity index (χ1v) is 7.71. The average molecular weight is 357 g/mol. The lowest BCUT2D eigenvalue weighted by Crippen LogP contribution is -2.43. The molecular weight excluding hydrogens is 336 g/mol. The van der Waals surface area contributed by atoms with E-state index < -0.39 is 18.0 Å². The van der Waals surface area contributed by atoms with Gasteiger partial charge in [0.05, 0.1) is 0 Å². The minimum absolute atomic E-state index is 0.428. The highest BCUT2D eigenvalue weighted by molar-refractivity contribution is 9.10. The van der Waals surface area contributed by atoms with Crippen molar-refractivity contribution in [1.29, 1.82) is 0 Å². The number of aryl methyl sites for hydroxylation is 2. The first kappa shape index (κ1) is 17.5. The minimum atomic E-state index is -1.01. The number of benzene rings is 1. The van der Waals surface area contributed by atoms with Crippen LogP contribution in [0.15, 0.2) is 16.6 Å². The Hall–Kier alpha value is -1.56. The van der Waals surface area contributed by atoms with E-state index in [0.717, 1.165) is 28.4 Å². The molecule has 0 radical (unpaired) electrons. The van der Waals surface area contributed by atoms with Crippen molar-refractivity contribution in [3.8, 4) is 0 Å². The van der Waals surface area contributed by atoms with Gasteiger partial charge in [-0.2, -0.15) is 0 Å². The van der Waals surface area contributed by atoms with Crippen molar-refractivity contribution in [2.45, 2.75) is 46.1 Å². The number of carbonyl (C=O) groups is 2. The van der Waals surface area contributed by atoms with Gasteiger partial charge < -0.3 is 15.7 Å². The van der Waals surface area contributed by atoms with Crippen LogP contribution in [-0.2, 0) is 4.79 Å². The predicted molar refractivity (Wildman–Crippen MR) is 86.7 cm³/mol. The third-order valence-corrected chi connectivity index (χ3v) is 4.39. The molecule has 1 rings (SSSR count). The van der Waals surface area contributed by atoms with Crippen LogP contribution in [-0.4, -0.2) is 23.1 Å². The zero-order valence-corrected chi connectivity index (χ0v) is 14.1. The Kier molecular flexibility index (Phi) is 6.68. The summed E-state index contributed by atoms with van der Waals surface area (Å²) in [4.78, 5) is 23.0. The SMILES string of the molecule is CCCC[C@H](NC(=O)Nc1cc(C)c(Br)c(C)c1)C(=O)O. The van der Waals surface area contributed by atoms with E-state index in [4.69, 9.17) is 5.11 Å². The molecule has 0 spiro atoms. The van der Waals surface area contributed by atoms with Crippen LogP contribution in [0, 0.1) is 13.8 Å². The van der Waals surface area contributed by atoms with Crippen LogP contribution in [0.5, 0.6) is 0 Å². The third kappa shape index (κ3) is 5.38. The standard InChI is InChI=1S/C15H21BrN2O3/c1-4-5-6-12(14(19)20)18-15(21)17-11-7-9(2)13(16)10(3)8-11/h7-8,12H,4-6H2,1-3H3,(H,19,20)(H2,17,18,21)/t12-/m0/s1. The second-order valence-electron chi connectivity index (χ2n) is 5.06. The Morgan fingerprint density at radius 2 is 1.86 bits per heavy atom. The number of unbranched alkanes of at least 4 members (excludes halogenated alkanes) is 1. The number of carboxylic acids is 1. The maximum Gasteiger partial charge on any atom is 0.326 e. The summed E-state index contributed by atoms with van der Waals surface area (Å²) < 4.78 is 1.000. The molecular formula is C15H21BrN2O3. The molecule has 1 atom stereocenters. The van der Waals surface area contributed by atoms with Gasteiger partial charge in [-0.1, -0.05) is 35.7 Å². The van der Waals surface area contributed by atoms with Crippen LogP contribution in [0.25, 0.3) is 0 Å². The number of urea groups is 1. The number of nitrogens with one attached hydrogen (secondary N) is 2. The molecule has 0 aliphatic rings. The van der Waals surface area contributed by atoms with E-state index in [-0.39, 0.29) is 0 Å². The second kappa shape index (κ2) is 8.02. The maximum absolute atomic E-state index is 11.9. The Morgan fingerprint density at radius 1 is 1.29 bits per heavy atom. The van der Waals surface area contributed by atoms with E-state index in [1.165, 1.54) is 0 Å². The van der Waals surface area contributed by atoms with Crippen LogP contribution in [0.1, 0.15) is 37.3 Å². The number of hydrogen-bond donors (Lipinski definition) is 3. The van der Waals surface area contributed by atoms with Crippen molar-refractivity contribution in [3.63, 3.8) is 0 Å². The van der Waals surface area contributed by atoms with Crippen LogP contribution in [0.4, 0.5) is 10.5 Å². The van der Waals surface area contributed by atoms with E-state index in [1.807, 2.05) is 32.9 Å². The lowest BCUT2D eigenvalue weighted by atomic mass is 10.1. The van der Waals surface area contributed by atoms with Gasteiger partial charge in [-0.3, -0.25) is 0 Å². The smallest absolute Gasteiger partial charge is 0.326 e. The van der Waals surface area contributed by atoms with E-state index in [9.17, 15) is 9.59 Å². The Morgan fingerprint density at radius 3 is 2.33 bits per heavy atom. The van der Waals surface area contributed by atoms with Crippen LogP contribution >= 0.6 is 15.9 Å². The highest BCUT2D eigenvalue weighted by Gasteiger charge is 2.19. The summed E-state index contributed by atoms with van der Waals surface area (Å²) in [7, 11) is 0. The van der Waals surface area contributed by atoms with Gasteiger partial charge in [-0.05, 0) is 43.5 Å². The number of amides is 2. The third-order valence-electron chi connectivity index (χ3n) is 3.14. The molecule has 2 amide bonds. The topological polar surface area (TPSA) is 78.4 Å². The molecule has 1 aromatic rings. The second-order valence-corrected chi connectivity index (χ2v) is 5.85. The summed E-state index contributed by atoms with van der Waals surface area (Å²) in [5.41, 5.74) is 2.66. The summed E-state index contributed by atoms with van der Waals surface area (Å²) in [6, 6.07) is 2.30. The summed E-state index contributed by atoms with van der Waals surface area (Å²) in [5.74, 6) is -1.01. The lowest BCUT2D eigenvalue weighted by molar-refractivity contribution is -0.139. The number of rotatable bonds is 6. The molecule has 0 heterocycles. The van der Waals surface area contributed by atoms with Gasteiger partial charge in [0.1, 0.15) is 6.04 Å². The zero-order chi connectivity index (χ0) is 16.0. The molecule has 0 aliphatic carbocycles. The molecule has 1 aromatic carbocycles. The number of hydrogen-bond acceptors (Lipinski definition) is 2. The van der Waals surface area contributed by atoms with E-state index in [0.29, 0.717) is 12.1 Å². The highest BCUT2D eigenvalue weighted by atomic mass is 79.9. The van der Waals surface area contributed by atoms with Gasteiger partial charge >= 0.3 is 12.0 Å². The summed E-state index contributed by atoms with van der Waals surface area (Å²) in [6.07, 6.45) is 2.07. The number of carboxylic acid groups (broad SMARTS) is 1. The molecule has 21 heavy (non-hydrogen) atoms. The van der Waals surface area contributed by atoms with Gasteiger partial charge in [0.25, 0.3) is 0 Å². The van der Waals surface area contributed by atoms with Gasteiger partial charge in [0.15, 0.2) is 0 Å². The molecule has 5 nitrogen and oxygen atoms in total. The number of aliphatic carboxylic acids is 1. The fraction of sp³-hybridized carbons (Fsp3) is 0.467. The maximum atomic E-state index is 11.9. The van der Waals surface area contributed by atoms with E-state index >= 15 is 0 Å². The van der Waals surface area contributed by atoms with Gasteiger partial charge in [-0.25, -0.2) is 9.59 Å². The quantitative estimate of drug-likeness (QED) is 0.724. The largest absolute Gasteiger partial charge is 0.480 e. The van der Waals surface area contributed by atoms with Crippen molar-refractivity contribution < 1.29 is 14.7 Å². The molecule has 0 saturated carbocycles. The number of carbonyl (C=O) groups excluding carboxylic acids is 1. The van der Waals surface area contributed by atoms with Gasteiger partial charge in [-0.15, -0.1) is 0 Å². The molecule has 6 heteroatoms. The molecule has 0 aliphatic heterocycles. The molecule has 0 bridgehead atoms. The van der Waals surface area contributed by atoms with E-state index in [1.54, 1.807) is 0 Å². The van der Waals surface area contributed by atoms with Gasteiger partial charge in [0, 0.05) is 10.2 Å². The summed E-state index contributed by atoms with van der Waals surface area (Å²) >= 11 is 3.46. The van der Waals surface area contributed by atoms with Crippen molar-refractivity contribution in [2.75, 3.05) is 5.32 Å². The highest BCUT2D eigenvalue weighted by Crippen LogP contribution is 2.24. The molecule has 0 aromatic heterocycles. The predicted octanol–water partition coefficient (Wildman–Crippen LogP) is 3.83. The van der Waals surface area contributed by atoms with E-state index in [2.05, 4.69) is 26.6 Å². The lowest BCUT2D eigenvalue weighted by Gasteiger charge is -2.15. The average Bonchev–Trinajstić information content (AvgIpc) is 2.40. The molecule has 0 saturated heterocycles. The number of halogens is 1. The van der Waals surface area contributed by atoms with Gasteiger partial charge in [0.2, 0.25) is 0 Å². The minimum Gasteiger partial charge on any atom is -0.480 e. The summed E-state index contributed by atoms with van der Waals surface area (Å²) in [6.45, 7) is 5.84. The fourth-order valence-electron chi connectivity index (χ4n) is 2.01. The fourth-order valence-corrected chi connectivity index (χ4v) is 2.24. The van der Waals surface area contributed by atoms with Crippen molar-refractivity contribution in [1.82, 2.24) is 5.32 Å². The molecule has 116 valence electrons. The normalized spacial score (nSPS) is 11.8. The van der Waals surface area contributed by atoms with Crippen molar-refractivity contribution in [3.05, 3.63) is 27.7 Å². The van der Waals surface area contributed by atoms with Crippen LogP contribution < -0.4 is 10.6 Å².